The Balaban J connectivity index is 1.46. The predicted molar refractivity (Wildman–Crippen MR) is 93.9 cm³/mol. The standard InChI is InChI=1S/C18H20N4OS/c1-2-17(8-19-4-1)23-13-16-10-21(9-15-3-7-24-14-15)12-18-20-5-6-22(18)11-16/h1-8,14,16H,9-13H2/t16-/m0/s1. The summed E-state index contributed by atoms with van der Waals surface area (Å²) in [6.45, 7) is 4.46. The Bertz CT molecular complexity index is 756. The van der Waals surface area contributed by atoms with Crippen LogP contribution in [-0.2, 0) is 19.6 Å². The molecule has 1 atom stereocenters. The lowest BCUT2D eigenvalue weighted by molar-refractivity contribution is 0.167. The number of imidazole rings is 1. The molecule has 0 saturated heterocycles. The van der Waals surface area contributed by atoms with E-state index in [0.29, 0.717) is 12.5 Å². The fourth-order valence-corrected chi connectivity index (χ4v) is 3.80. The zero-order valence-electron chi connectivity index (χ0n) is 13.4. The first kappa shape index (κ1) is 15.4. The average molecular weight is 340 g/mol. The van der Waals surface area contributed by atoms with Crippen molar-refractivity contribution in [3.8, 4) is 5.75 Å². The quantitative estimate of drug-likeness (QED) is 0.716. The molecule has 0 amide bonds. The molecule has 0 aliphatic carbocycles. The third-order valence-electron chi connectivity index (χ3n) is 4.24. The molecular formula is C18H20N4OS. The maximum absolute atomic E-state index is 5.96. The zero-order chi connectivity index (χ0) is 16.2. The Hall–Kier alpha value is -2.18. The van der Waals surface area contributed by atoms with E-state index in [9.17, 15) is 0 Å². The van der Waals surface area contributed by atoms with E-state index in [-0.39, 0.29) is 0 Å². The van der Waals surface area contributed by atoms with E-state index in [0.717, 1.165) is 37.8 Å². The Kier molecular flexibility index (Phi) is 4.57. The summed E-state index contributed by atoms with van der Waals surface area (Å²) in [5, 5.41) is 4.36. The summed E-state index contributed by atoms with van der Waals surface area (Å²) < 4.78 is 8.21. The van der Waals surface area contributed by atoms with Crippen LogP contribution in [0.15, 0.2) is 53.7 Å². The zero-order valence-corrected chi connectivity index (χ0v) is 14.2. The van der Waals surface area contributed by atoms with Crippen molar-refractivity contribution in [3.63, 3.8) is 0 Å². The molecule has 0 unspecified atom stereocenters. The maximum atomic E-state index is 5.96. The number of nitrogens with zero attached hydrogens (tertiary/aromatic N) is 4. The highest BCUT2D eigenvalue weighted by atomic mass is 32.1. The van der Waals surface area contributed by atoms with E-state index in [1.165, 1.54) is 5.56 Å². The fraction of sp³-hybridized carbons (Fsp3) is 0.333. The molecule has 0 saturated carbocycles. The van der Waals surface area contributed by atoms with E-state index in [1.54, 1.807) is 23.7 Å². The third-order valence-corrected chi connectivity index (χ3v) is 4.98. The molecular weight excluding hydrogens is 320 g/mol. The van der Waals surface area contributed by atoms with Gasteiger partial charge < -0.3 is 9.30 Å². The molecule has 6 heteroatoms. The Labute approximate surface area is 145 Å². The average Bonchev–Trinajstić information content (AvgIpc) is 3.23. The van der Waals surface area contributed by atoms with Gasteiger partial charge in [-0.2, -0.15) is 11.3 Å². The van der Waals surface area contributed by atoms with Gasteiger partial charge in [0.05, 0.1) is 19.3 Å². The van der Waals surface area contributed by atoms with Crippen LogP contribution >= 0.6 is 11.3 Å². The van der Waals surface area contributed by atoms with Crippen molar-refractivity contribution in [1.29, 1.82) is 0 Å². The molecule has 5 nitrogen and oxygen atoms in total. The molecule has 124 valence electrons. The summed E-state index contributed by atoms with van der Waals surface area (Å²) in [5.74, 6) is 2.38. The number of rotatable bonds is 5. The molecule has 0 aromatic carbocycles. The van der Waals surface area contributed by atoms with Gasteiger partial charge in [-0.25, -0.2) is 4.98 Å². The first-order valence-corrected chi connectivity index (χ1v) is 9.07. The maximum Gasteiger partial charge on any atom is 0.137 e. The predicted octanol–water partition coefficient (Wildman–Crippen LogP) is 3.05. The highest BCUT2D eigenvalue weighted by Crippen LogP contribution is 2.20. The summed E-state index contributed by atoms with van der Waals surface area (Å²) in [4.78, 5) is 11.1. The van der Waals surface area contributed by atoms with Gasteiger partial charge in [-0.05, 0) is 34.5 Å². The van der Waals surface area contributed by atoms with Crippen molar-refractivity contribution >= 4 is 11.3 Å². The third kappa shape index (κ3) is 3.66. The number of hydrogen-bond donors (Lipinski definition) is 0. The highest BCUT2D eigenvalue weighted by molar-refractivity contribution is 7.07. The number of aromatic nitrogens is 3. The van der Waals surface area contributed by atoms with Crippen molar-refractivity contribution < 1.29 is 4.74 Å². The van der Waals surface area contributed by atoms with Crippen molar-refractivity contribution in [2.24, 2.45) is 5.92 Å². The van der Waals surface area contributed by atoms with Gasteiger partial charge in [0.15, 0.2) is 0 Å². The normalized spacial score (nSPS) is 18.1. The van der Waals surface area contributed by atoms with Crippen LogP contribution in [0.3, 0.4) is 0 Å². The highest BCUT2D eigenvalue weighted by Gasteiger charge is 2.23. The first-order valence-electron chi connectivity index (χ1n) is 8.13. The summed E-state index contributed by atoms with van der Waals surface area (Å²) in [5.41, 5.74) is 1.37. The van der Waals surface area contributed by atoms with Crippen LogP contribution in [0.4, 0.5) is 0 Å². The van der Waals surface area contributed by atoms with Gasteiger partial charge in [-0.3, -0.25) is 9.88 Å². The second-order valence-corrected chi connectivity index (χ2v) is 6.94. The van der Waals surface area contributed by atoms with Crippen LogP contribution in [0.2, 0.25) is 0 Å². The minimum atomic E-state index is 0.416. The van der Waals surface area contributed by atoms with Gasteiger partial charge in [-0.1, -0.05) is 0 Å². The summed E-state index contributed by atoms with van der Waals surface area (Å²) in [6, 6.07) is 6.05. The van der Waals surface area contributed by atoms with Crippen LogP contribution in [-0.4, -0.2) is 32.6 Å². The van der Waals surface area contributed by atoms with Crippen molar-refractivity contribution in [1.82, 2.24) is 19.4 Å². The lowest BCUT2D eigenvalue weighted by Crippen LogP contribution is -2.30. The smallest absolute Gasteiger partial charge is 0.137 e. The molecule has 4 rings (SSSR count). The van der Waals surface area contributed by atoms with Crippen LogP contribution in [0.25, 0.3) is 0 Å². The molecule has 3 aromatic heterocycles. The summed E-state index contributed by atoms with van der Waals surface area (Å²) >= 11 is 1.75. The van der Waals surface area contributed by atoms with Crippen molar-refractivity contribution in [2.45, 2.75) is 19.6 Å². The number of thiophene rings is 1. The van der Waals surface area contributed by atoms with Crippen molar-refractivity contribution in [2.75, 3.05) is 13.2 Å². The molecule has 3 aromatic rings. The van der Waals surface area contributed by atoms with E-state index in [1.807, 2.05) is 18.3 Å². The fourth-order valence-electron chi connectivity index (χ4n) is 3.14. The van der Waals surface area contributed by atoms with Gasteiger partial charge in [0.2, 0.25) is 0 Å². The lowest BCUT2D eigenvalue weighted by Gasteiger charge is -2.23. The second kappa shape index (κ2) is 7.15. The molecule has 0 N–H and O–H groups in total. The minimum absolute atomic E-state index is 0.416. The summed E-state index contributed by atoms with van der Waals surface area (Å²) in [7, 11) is 0. The molecule has 4 heterocycles. The second-order valence-electron chi connectivity index (χ2n) is 6.16. The Morgan fingerprint density at radius 2 is 2.25 bits per heavy atom. The van der Waals surface area contributed by atoms with Crippen LogP contribution in [0.5, 0.6) is 5.75 Å². The molecule has 24 heavy (non-hydrogen) atoms. The number of ether oxygens (including phenoxy) is 1. The topological polar surface area (TPSA) is 43.2 Å². The van der Waals surface area contributed by atoms with E-state index < -0.39 is 0 Å². The number of fused-ring (bicyclic) bond motifs is 1. The monoisotopic (exact) mass is 340 g/mol. The molecule has 0 spiro atoms. The molecule has 0 bridgehead atoms. The SMILES string of the molecule is c1cncc(OC[C@H]2CN(Cc3ccsc3)Cc3nccn3C2)c1. The number of hydrogen-bond acceptors (Lipinski definition) is 5. The Morgan fingerprint density at radius 1 is 1.25 bits per heavy atom. The van der Waals surface area contributed by atoms with Gasteiger partial charge in [0.1, 0.15) is 11.6 Å². The van der Waals surface area contributed by atoms with E-state index in [4.69, 9.17) is 4.74 Å². The van der Waals surface area contributed by atoms with Crippen LogP contribution < -0.4 is 4.74 Å². The molecule has 0 radical (unpaired) electrons. The minimum Gasteiger partial charge on any atom is -0.492 e. The molecule has 1 aliphatic rings. The van der Waals surface area contributed by atoms with Gasteiger partial charge in [0, 0.05) is 44.1 Å². The number of pyridine rings is 1. The lowest BCUT2D eigenvalue weighted by atomic mass is 10.1. The van der Waals surface area contributed by atoms with Gasteiger partial charge in [0.25, 0.3) is 0 Å². The summed E-state index contributed by atoms with van der Waals surface area (Å²) in [6.07, 6.45) is 7.49. The van der Waals surface area contributed by atoms with Crippen LogP contribution in [0, 0.1) is 5.92 Å². The molecule has 1 aliphatic heterocycles. The largest absolute Gasteiger partial charge is 0.492 e. The van der Waals surface area contributed by atoms with E-state index >= 15 is 0 Å². The van der Waals surface area contributed by atoms with Crippen LogP contribution in [0.1, 0.15) is 11.4 Å². The van der Waals surface area contributed by atoms with E-state index in [2.05, 4.69) is 42.5 Å². The first-order chi connectivity index (χ1) is 11.9. The van der Waals surface area contributed by atoms with Crippen molar-refractivity contribution in [3.05, 3.63) is 65.1 Å². The van der Waals surface area contributed by atoms with Gasteiger partial charge >= 0.3 is 0 Å². The van der Waals surface area contributed by atoms with Gasteiger partial charge in [-0.15, -0.1) is 0 Å². The Morgan fingerprint density at radius 3 is 3.08 bits per heavy atom. The molecule has 0 fully saturated rings.